The lowest BCUT2D eigenvalue weighted by molar-refractivity contribution is 0.0950. The van der Waals surface area contributed by atoms with Crippen molar-refractivity contribution >= 4 is 28.8 Å². The van der Waals surface area contributed by atoms with Gasteiger partial charge in [0, 0.05) is 22.3 Å². The second-order valence-electron chi connectivity index (χ2n) is 3.87. The first-order valence-corrected chi connectivity index (χ1v) is 6.58. The highest BCUT2D eigenvalue weighted by atomic mass is 35.5. The average Bonchev–Trinajstić information content (AvgIpc) is 2.70. The molecule has 2 aromatic heterocycles. The van der Waals surface area contributed by atoms with Crippen LogP contribution in [0.3, 0.4) is 0 Å². The lowest BCUT2D eigenvalue weighted by Crippen LogP contribution is -2.22. The molecule has 2 aromatic rings. The summed E-state index contributed by atoms with van der Waals surface area (Å²) in [6, 6.07) is 3.26. The molecule has 18 heavy (non-hydrogen) atoms. The number of aryl methyl sites for hydroxylation is 2. The van der Waals surface area contributed by atoms with E-state index in [1.165, 1.54) is 0 Å². The number of carbonyl (C=O) groups excluding carboxylic acids is 1. The number of pyridine rings is 1. The van der Waals surface area contributed by atoms with Crippen LogP contribution in [-0.4, -0.2) is 15.9 Å². The maximum atomic E-state index is 11.9. The molecular weight excluding hydrogens is 270 g/mol. The Morgan fingerprint density at radius 2 is 2.22 bits per heavy atom. The zero-order valence-corrected chi connectivity index (χ0v) is 11.6. The highest BCUT2D eigenvalue weighted by Gasteiger charge is 2.08. The van der Waals surface area contributed by atoms with E-state index in [0.717, 1.165) is 15.6 Å². The second-order valence-corrected chi connectivity index (χ2v) is 5.57. The van der Waals surface area contributed by atoms with E-state index in [4.69, 9.17) is 11.6 Å². The molecule has 0 bridgehead atoms. The highest BCUT2D eigenvalue weighted by molar-refractivity contribution is 7.11. The topological polar surface area (TPSA) is 54.9 Å². The maximum absolute atomic E-state index is 11.9. The summed E-state index contributed by atoms with van der Waals surface area (Å²) in [5.74, 6) is -0.171. The quantitative estimate of drug-likeness (QED) is 0.880. The Balaban J connectivity index is 2.03. The number of hydrogen-bond donors (Lipinski definition) is 1. The van der Waals surface area contributed by atoms with Gasteiger partial charge in [0.05, 0.1) is 6.54 Å². The van der Waals surface area contributed by atoms with Gasteiger partial charge in [0.15, 0.2) is 0 Å². The Hall–Kier alpha value is -1.46. The Labute approximate surface area is 114 Å². The van der Waals surface area contributed by atoms with Crippen molar-refractivity contribution in [3.8, 4) is 0 Å². The van der Waals surface area contributed by atoms with Gasteiger partial charge in [0.25, 0.3) is 5.91 Å². The Bertz CT molecular complexity index is 562. The van der Waals surface area contributed by atoms with E-state index in [1.807, 2.05) is 6.92 Å². The van der Waals surface area contributed by atoms with Gasteiger partial charge in [-0.15, -0.1) is 11.3 Å². The molecule has 0 radical (unpaired) electrons. The van der Waals surface area contributed by atoms with E-state index >= 15 is 0 Å². The van der Waals surface area contributed by atoms with Crippen LogP contribution in [0.2, 0.25) is 5.15 Å². The first-order valence-electron chi connectivity index (χ1n) is 5.38. The zero-order chi connectivity index (χ0) is 13.1. The number of carbonyl (C=O) groups is 1. The van der Waals surface area contributed by atoms with Crippen LogP contribution in [0.25, 0.3) is 0 Å². The zero-order valence-electron chi connectivity index (χ0n) is 10.0. The lowest BCUT2D eigenvalue weighted by atomic mass is 10.2. The van der Waals surface area contributed by atoms with Crippen molar-refractivity contribution in [2.24, 2.45) is 0 Å². The number of hydrogen-bond acceptors (Lipinski definition) is 4. The second kappa shape index (κ2) is 5.46. The van der Waals surface area contributed by atoms with Gasteiger partial charge in [-0.3, -0.25) is 4.79 Å². The van der Waals surface area contributed by atoms with Crippen molar-refractivity contribution in [2.75, 3.05) is 0 Å². The monoisotopic (exact) mass is 281 g/mol. The molecule has 94 valence electrons. The van der Waals surface area contributed by atoms with Crippen LogP contribution in [-0.2, 0) is 6.54 Å². The van der Waals surface area contributed by atoms with Gasteiger partial charge in [-0.1, -0.05) is 11.6 Å². The summed E-state index contributed by atoms with van der Waals surface area (Å²) in [7, 11) is 0. The van der Waals surface area contributed by atoms with Crippen LogP contribution < -0.4 is 5.32 Å². The van der Waals surface area contributed by atoms with E-state index in [1.54, 1.807) is 36.6 Å². The van der Waals surface area contributed by atoms with E-state index in [0.29, 0.717) is 17.3 Å². The molecule has 0 atom stereocenters. The van der Waals surface area contributed by atoms with Gasteiger partial charge in [-0.05, 0) is 26.0 Å². The minimum absolute atomic E-state index is 0.171. The summed E-state index contributed by atoms with van der Waals surface area (Å²) >= 11 is 7.38. The number of aromatic nitrogens is 2. The van der Waals surface area contributed by atoms with Gasteiger partial charge >= 0.3 is 0 Å². The summed E-state index contributed by atoms with van der Waals surface area (Å²) in [4.78, 5) is 21.2. The molecule has 4 nitrogen and oxygen atoms in total. The third-order valence-electron chi connectivity index (χ3n) is 2.25. The SMILES string of the molecule is Cc1cc(C(=O)NCc2ncc(C)s2)cc(Cl)n1. The van der Waals surface area contributed by atoms with Gasteiger partial charge in [0.2, 0.25) is 0 Å². The fourth-order valence-corrected chi connectivity index (χ4v) is 2.48. The molecule has 0 saturated carbocycles. The molecule has 6 heteroatoms. The van der Waals surface area contributed by atoms with Gasteiger partial charge in [-0.2, -0.15) is 0 Å². The van der Waals surface area contributed by atoms with Crippen molar-refractivity contribution in [3.63, 3.8) is 0 Å². The van der Waals surface area contributed by atoms with Crippen LogP contribution in [0.5, 0.6) is 0 Å². The van der Waals surface area contributed by atoms with Gasteiger partial charge in [-0.25, -0.2) is 9.97 Å². The summed E-state index contributed by atoms with van der Waals surface area (Å²) in [6.45, 7) is 4.21. The number of nitrogens with zero attached hydrogens (tertiary/aromatic N) is 2. The molecular formula is C12H12ClN3OS. The molecule has 1 N–H and O–H groups in total. The van der Waals surface area contributed by atoms with Crippen molar-refractivity contribution in [2.45, 2.75) is 20.4 Å². The molecule has 2 rings (SSSR count). The standard InChI is InChI=1S/C12H12ClN3OS/c1-7-3-9(4-10(13)16-7)12(17)15-6-11-14-5-8(2)18-11/h3-5H,6H2,1-2H3,(H,15,17). The fraction of sp³-hybridized carbons (Fsp3) is 0.250. The molecule has 0 aliphatic rings. The number of nitrogens with one attached hydrogen (secondary N) is 1. The van der Waals surface area contributed by atoms with E-state index in [9.17, 15) is 4.79 Å². The Morgan fingerprint density at radius 1 is 1.44 bits per heavy atom. The highest BCUT2D eigenvalue weighted by Crippen LogP contribution is 2.12. The van der Waals surface area contributed by atoms with Gasteiger partial charge < -0.3 is 5.32 Å². The molecule has 0 unspecified atom stereocenters. The summed E-state index contributed by atoms with van der Waals surface area (Å²) in [5.41, 5.74) is 1.23. The first-order chi connectivity index (χ1) is 8.54. The number of thiazole rings is 1. The average molecular weight is 282 g/mol. The van der Waals surface area contributed by atoms with Crippen molar-refractivity contribution in [3.05, 3.63) is 44.6 Å². The van der Waals surface area contributed by atoms with E-state index in [-0.39, 0.29) is 5.91 Å². The largest absolute Gasteiger partial charge is 0.346 e. The van der Waals surface area contributed by atoms with Gasteiger partial charge in [0.1, 0.15) is 10.2 Å². The van der Waals surface area contributed by atoms with E-state index in [2.05, 4.69) is 15.3 Å². The predicted octanol–water partition coefficient (Wildman–Crippen LogP) is 2.74. The van der Waals surface area contributed by atoms with Crippen molar-refractivity contribution in [1.82, 2.24) is 15.3 Å². The predicted molar refractivity (Wildman–Crippen MR) is 72.0 cm³/mol. The Morgan fingerprint density at radius 3 is 2.83 bits per heavy atom. The molecule has 0 saturated heterocycles. The molecule has 0 fully saturated rings. The molecule has 0 spiro atoms. The van der Waals surface area contributed by atoms with Crippen molar-refractivity contribution < 1.29 is 4.79 Å². The maximum Gasteiger partial charge on any atom is 0.251 e. The fourth-order valence-electron chi connectivity index (χ4n) is 1.50. The minimum atomic E-state index is -0.171. The number of halogens is 1. The van der Waals surface area contributed by atoms with Crippen LogP contribution in [0.1, 0.15) is 25.9 Å². The molecule has 2 heterocycles. The van der Waals surface area contributed by atoms with Crippen LogP contribution >= 0.6 is 22.9 Å². The van der Waals surface area contributed by atoms with Crippen molar-refractivity contribution in [1.29, 1.82) is 0 Å². The van der Waals surface area contributed by atoms with Crippen LogP contribution in [0.4, 0.5) is 0 Å². The normalized spacial score (nSPS) is 10.4. The first kappa shape index (κ1) is 13.0. The lowest BCUT2D eigenvalue weighted by Gasteiger charge is -2.04. The molecule has 0 aliphatic carbocycles. The number of rotatable bonds is 3. The smallest absolute Gasteiger partial charge is 0.251 e. The third-order valence-corrected chi connectivity index (χ3v) is 3.36. The van der Waals surface area contributed by atoms with Crippen LogP contribution in [0.15, 0.2) is 18.3 Å². The summed E-state index contributed by atoms with van der Waals surface area (Å²) in [6.07, 6.45) is 1.79. The summed E-state index contributed by atoms with van der Waals surface area (Å²) < 4.78 is 0. The molecule has 0 aliphatic heterocycles. The number of amides is 1. The minimum Gasteiger partial charge on any atom is -0.346 e. The van der Waals surface area contributed by atoms with Crippen LogP contribution in [0, 0.1) is 13.8 Å². The molecule has 0 aromatic carbocycles. The third kappa shape index (κ3) is 3.27. The Kier molecular flexibility index (Phi) is 3.93. The summed E-state index contributed by atoms with van der Waals surface area (Å²) in [5, 5.41) is 4.02. The van der Waals surface area contributed by atoms with E-state index < -0.39 is 0 Å². The molecule has 1 amide bonds.